The summed E-state index contributed by atoms with van der Waals surface area (Å²) in [6.45, 7) is 2.92. The lowest BCUT2D eigenvalue weighted by molar-refractivity contribution is 0.0696. The van der Waals surface area contributed by atoms with Crippen LogP contribution in [-0.2, 0) is 0 Å². The van der Waals surface area contributed by atoms with Gasteiger partial charge in [-0.05, 0) is 30.7 Å². The van der Waals surface area contributed by atoms with Crippen molar-refractivity contribution in [3.8, 4) is 0 Å². The summed E-state index contributed by atoms with van der Waals surface area (Å²) in [7, 11) is 0. The third-order valence-corrected chi connectivity index (χ3v) is 4.21. The van der Waals surface area contributed by atoms with Gasteiger partial charge in [0.25, 0.3) is 5.91 Å². The summed E-state index contributed by atoms with van der Waals surface area (Å²) in [4.78, 5) is 22.7. The zero-order valence-electron chi connectivity index (χ0n) is 14.9. The smallest absolute Gasteiger partial charge is 0.335 e. The Morgan fingerprint density at radius 3 is 1.75 bits per heavy atom. The second-order valence-electron chi connectivity index (χ2n) is 6.32. The zero-order valence-corrected chi connectivity index (χ0v) is 14.9. The molecule has 0 aromatic heterocycles. The zero-order chi connectivity index (χ0) is 17.6. The molecule has 0 saturated carbocycles. The Morgan fingerprint density at radius 1 is 0.792 bits per heavy atom. The van der Waals surface area contributed by atoms with Crippen molar-refractivity contribution in [3.63, 3.8) is 0 Å². The standard InChI is InChI=1S/C20H31NO3/c1-2-3-4-5-6-7-8-9-10-11-16-21-19(22)17-12-14-18(15-13-17)20(23)24/h12-15H,2-11,16H2,1H3,(H,21,22)(H,23,24). The number of unbranched alkanes of at least 4 members (excludes halogenated alkanes) is 9. The monoisotopic (exact) mass is 333 g/mol. The van der Waals surface area contributed by atoms with E-state index in [0.717, 1.165) is 12.8 Å². The molecule has 134 valence electrons. The number of carboxylic acids is 1. The van der Waals surface area contributed by atoms with Crippen LogP contribution in [-0.4, -0.2) is 23.5 Å². The van der Waals surface area contributed by atoms with Crippen molar-refractivity contribution < 1.29 is 14.7 Å². The summed E-state index contributed by atoms with van der Waals surface area (Å²) in [5.41, 5.74) is 0.702. The van der Waals surface area contributed by atoms with E-state index >= 15 is 0 Å². The van der Waals surface area contributed by atoms with Crippen molar-refractivity contribution in [2.45, 2.75) is 71.1 Å². The Morgan fingerprint density at radius 2 is 1.25 bits per heavy atom. The molecule has 2 N–H and O–H groups in total. The van der Waals surface area contributed by atoms with Crippen LogP contribution in [0.15, 0.2) is 24.3 Å². The van der Waals surface area contributed by atoms with Crippen LogP contribution >= 0.6 is 0 Å². The SMILES string of the molecule is CCCCCCCCCCCCNC(=O)c1ccc(C(=O)O)cc1. The number of nitrogens with one attached hydrogen (secondary N) is 1. The van der Waals surface area contributed by atoms with Crippen LogP contribution in [0.3, 0.4) is 0 Å². The van der Waals surface area contributed by atoms with Crippen LogP contribution in [0.1, 0.15) is 91.8 Å². The molecule has 1 amide bonds. The van der Waals surface area contributed by atoms with Gasteiger partial charge in [0.15, 0.2) is 0 Å². The largest absolute Gasteiger partial charge is 0.478 e. The highest BCUT2D eigenvalue weighted by molar-refractivity contribution is 5.95. The van der Waals surface area contributed by atoms with Crippen molar-refractivity contribution >= 4 is 11.9 Å². The maximum absolute atomic E-state index is 11.9. The third-order valence-electron chi connectivity index (χ3n) is 4.21. The van der Waals surface area contributed by atoms with E-state index in [9.17, 15) is 9.59 Å². The molecule has 0 aliphatic carbocycles. The van der Waals surface area contributed by atoms with E-state index < -0.39 is 5.97 Å². The van der Waals surface area contributed by atoms with E-state index in [-0.39, 0.29) is 11.5 Å². The Kier molecular flexibility index (Phi) is 10.6. The van der Waals surface area contributed by atoms with Gasteiger partial charge >= 0.3 is 5.97 Å². The fourth-order valence-electron chi connectivity index (χ4n) is 2.68. The molecule has 0 spiro atoms. The number of carbonyl (C=O) groups excluding carboxylic acids is 1. The van der Waals surface area contributed by atoms with Gasteiger partial charge in [0.1, 0.15) is 0 Å². The predicted octanol–water partition coefficient (Wildman–Crippen LogP) is 5.04. The molecule has 0 bridgehead atoms. The summed E-state index contributed by atoms with van der Waals surface area (Å²) >= 11 is 0. The van der Waals surface area contributed by atoms with Gasteiger partial charge in [-0.1, -0.05) is 64.7 Å². The fraction of sp³-hybridized carbons (Fsp3) is 0.600. The molecule has 1 aromatic carbocycles. The maximum Gasteiger partial charge on any atom is 0.335 e. The number of hydrogen-bond acceptors (Lipinski definition) is 2. The van der Waals surface area contributed by atoms with Crippen LogP contribution in [0.25, 0.3) is 0 Å². The molecule has 4 heteroatoms. The maximum atomic E-state index is 11.9. The minimum Gasteiger partial charge on any atom is -0.478 e. The lowest BCUT2D eigenvalue weighted by atomic mass is 10.1. The van der Waals surface area contributed by atoms with Crippen LogP contribution in [0.2, 0.25) is 0 Å². The minimum absolute atomic E-state index is 0.136. The summed E-state index contributed by atoms with van der Waals surface area (Å²) in [5, 5.41) is 11.7. The molecule has 0 aliphatic heterocycles. The highest BCUT2D eigenvalue weighted by Gasteiger charge is 2.07. The number of benzene rings is 1. The van der Waals surface area contributed by atoms with Crippen molar-refractivity contribution in [1.29, 1.82) is 0 Å². The molecular weight excluding hydrogens is 302 g/mol. The van der Waals surface area contributed by atoms with Crippen molar-refractivity contribution in [3.05, 3.63) is 35.4 Å². The van der Waals surface area contributed by atoms with Gasteiger partial charge in [-0.25, -0.2) is 4.79 Å². The molecule has 0 unspecified atom stereocenters. The molecule has 0 heterocycles. The Bertz CT molecular complexity index is 482. The number of hydrogen-bond donors (Lipinski definition) is 2. The number of amides is 1. The average molecular weight is 333 g/mol. The summed E-state index contributed by atoms with van der Waals surface area (Å²) in [6.07, 6.45) is 12.7. The summed E-state index contributed by atoms with van der Waals surface area (Å²) in [6, 6.07) is 6.02. The van der Waals surface area contributed by atoms with E-state index in [1.165, 1.54) is 63.5 Å². The molecule has 0 radical (unpaired) electrons. The molecule has 0 aliphatic rings. The lowest BCUT2D eigenvalue weighted by Crippen LogP contribution is -2.24. The first-order valence-corrected chi connectivity index (χ1v) is 9.26. The highest BCUT2D eigenvalue weighted by atomic mass is 16.4. The molecule has 0 saturated heterocycles. The Balaban J connectivity index is 2.02. The molecule has 1 aromatic rings. The van der Waals surface area contributed by atoms with Crippen molar-refractivity contribution in [1.82, 2.24) is 5.32 Å². The first kappa shape index (κ1) is 20.2. The molecule has 0 fully saturated rings. The average Bonchev–Trinajstić information content (AvgIpc) is 2.59. The van der Waals surface area contributed by atoms with Gasteiger partial charge in [0.2, 0.25) is 0 Å². The summed E-state index contributed by atoms with van der Waals surface area (Å²) in [5.74, 6) is -1.12. The lowest BCUT2D eigenvalue weighted by Gasteiger charge is -2.06. The van der Waals surface area contributed by atoms with Gasteiger partial charge in [0.05, 0.1) is 5.56 Å². The van der Waals surface area contributed by atoms with Crippen LogP contribution in [0, 0.1) is 0 Å². The number of rotatable bonds is 13. The van der Waals surface area contributed by atoms with E-state index in [4.69, 9.17) is 5.11 Å². The first-order chi connectivity index (χ1) is 11.6. The fourth-order valence-corrected chi connectivity index (χ4v) is 2.68. The third kappa shape index (κ3) is 8.70. The van der Waals surface area contributed by atoms with Crippen LogP contribution in [0.5, 0.6) is 0 Å². The molecule has 1 rings (SSSR count). The van der Waals surface area contributed by atoms with Gasteiger partial charge in [-0.15, -0.1) is 0 Å². The molecule has 4 nitrogen and oxygen atoms in total. The van der Waals surface area contributed by atoms with Crippen molar-refractivity contribution in [2.24, 2.45) is 0 Å². The topological polar surface area (TPSA) is 66.4 Å². The van der Waals surface area contributed by atoms with E-state index in [0.29, 0.717) is 12.1 Å². The van der Waals surface area contributed by atoms with Gasteiger partial charge in [0, 0.05) is 12.1 Å². The highest BCUT2D eigenvalue weighted by Crippen LogP contribution is 2.10. The number of aromatic carboxylic acids is 1. The Hall–Kier alpha value is -1.84. The van der Waals surface area contributed by atoms with Gasteiger partial charge in [-0.3, -0.25) is 4.79 Å². The minimum atomic E-state index is -0.979. The number of carboxylic acid groups (broad SMARTS) is 1. The second kappa shape index (κ2) is 12.6. The van der Waals surface area contributed by atoms with E-state index in [1.54, 1.807) is 12.1 Å². The molecular formula is C20H31NO3. The van der Waals surface area contributed by atoms with Gasteiger partial charge in [-0.2, -0.15) is 0 Å². The van der Waals surface area contributed by atoms with E-state index in [1.807, 2.05) is 0 Å². The Labute approximate surface area is 145 Å². The van der Waals surface area contributed by atoms with E-state index in [2.05, 4.69) is 12.2 Å². The molecule has 0 atom stereocenters. The summed E-state index contributed by atoms with van der Waals surface area (Å²) < 4.78 is 0. The number of carbonyl (C=O) groups is 2. The van der Waals surface area contributed by atoms with Crippen molar-refractivity contribution in [2.75, 3.05) is 6.54 Å². The van der Waals surface area contributed by atoms with Gasteiger partial charge < -0.3 is 10.4 Å². The predicted molar refractivity (Wildman–Crippen MR) is 97.6 cm³/mol. The molecule has 24 heavy (non-hydrogen) atoms. The van der Waals surface area contributed by atoms with Crippen LogP contribution in [0.4, 0.5) is 0 Å². The second-order valence-corrected chi connectivity index (χ2v) is 6.32. The first-order valence-electron chi connectivity index (χ1n) is 9.26. The van der Waals surface area contributed by atoms with Crippen LogP contribution < -0.4 is 5.32 Å². The quantitative estimate of drug-likeness (QED) is 0.497. The normalized spacial score (nSPS) is 10.5.